The highest BCUT2D eigenvalue weighted by Gasteiger charge is 2.10. The highest BCUT2D eigenvalue weighted by atomic mass is 79.9. The SMILES string of the molecule is CC(Nc1cccc(Cn2cncn2)c1)c1ccc(Br)o1. The lowest BCUT2D eigenvalue weighted by atomic mass is 10.1. The maximum Gasteiger partial charge on any atom is 0.169 e. The number of halogens is 1. The average Bonchev–Trinajstić information content (AvgIpc) is 3.11. The van der Waals surface area contributed by atoms with Crippen LogP contribution >= 0.6 is 15.9 Å². The molecule has 0 aliphatic rings. The Bertz CT molecular complexity index is 708. The second-order valence-corrected chi connectivity index (χ2v) is 5.58. The lowest BCUT2D eigenvalue weighted by Gasteiger charge is -2.14. The standard InChI is InChI=1S/C15H15BrN4O/c1-11(14-5-6-15(16)21-14)19-13-4-2-3-12(7-13)8-20-10-17-9-18-20/h2-7,9-11,19H,8H2,1H3. The van der Waals surface area contributed by atoms with Gasteiger partial charge in [0.1, 0.15) is 18.4 Å². The molecule has 3 aromatic rings. The van der Waals surface area contributed by atoms with Crippen LogP contribution in [0.25, 0.3) is 0 Å². The van der Waals surface area contributed by atoms with Gasteiger partial charge in [0.15, 0.2) is 4.67 Å². The summed E-state index contributed by atoms with van der Waals surface area (Å²) in [5, 5.41) is 7.55. The van der Waals surface area contributed by atoms with Crippen molar-refractivity contribution >= 4 is 21.6 Å². The van der Waals surface area contributed by atoms with Gasteiger partial charge in [0.2, 0.25) is 0 Å². The molecule has 0 radical (unpaired) electrons. The first-order valence-corrected chi connectivity index (χ1v) is 7.43. The van der Waals surface area contributed by atoms with Gasteiger partial charge in [0.25, 0.3) is 0 Å². The summed E-state index contributed by atoms with van der Waals surface area (Å²) in [5.41, 5.74) is 2.21. The molecule has 108 valence electrons. The van der Waals surface area contributed by atoms with Gasteiger partial charge in [0, 0.05) is 5.69 Å². The van der Waals surface area contributed by atoms with Gasteiger partial charge in [-0.1, -0.05) is 12.1 Å². The van der Waals surface area contributed by atoms with E-state index in [-0.39, 0.29) is 6.04 Å². The lowest BCUT2D eigenvalue weighted by molar-refractivity contribution is 0.471. The molecule has 0 amide bonds. The molecule has 0 aliphatic carbocycles. The molecule has 2 aromatic heterocycles. The van der Waals surface area contributed by atoms with Crippen molar-refractivity contribution in [3.8, 4) is 0 Å². The van der Waals surface area contributed by atoms with E-state index in [1.54, 1.807) is 17.3 Å². The summed E-state index contributed by atoms with van der Waals surface area (Å²) in [7, 11) is 0. The number of anilines is 1. The highest BCUT2D eigenvalue weighted by Crippen LogP contribution is 2.24. The van der Waals surface area contributed by atoms with Crippen molar-refractivity contribution < 1.29 is 4.42 Å². The van der Waals surface area contributed by atoms with E-state index in [1.807, 2.05) is 24.3 Å². The van der Waals surface area contributed by atoms with E-state index < -0.39 is 0 Å². The number of rotatable bonds is 5. The first kappa shape index (κ1) is 13.9. The molecular formula is C15H15BrN4O. The third-order valence-electron chi connectivity index (χ3n) is 3.14. The van der Waals surface area contributed by atoms with Crippen LogP contribution < -0.4 is 5.32 Å². The van der Waals surface area contributed by atoms with Crippen molar-refractivity contribution in [2.24, 2.45) is 0 Å². The molecule has 21 heavy (non-hydrogen) atoms. The minimum Gasteiger partial charge on any atom is -0.452 e. The van der Waals surface area contributed by atoms with Crippen molar-refractivity contribution in [3.63, 3.8) is 0 Å². The molecule has 0 saturated carbocycles. The molecular weight excluding hydrogens is 332 g/mol. The lowest BCUT2D eigenvalue weighted by Crippen LogP contribution is -2.06. The number of nitrogens with one attached hydrogen (secondary N) is 1. The zero-order chi connectivity index (χ0) is 14.7. The summed E-state index contributed by atoms with van der Waals surface area (Å²) < 4.78 is 8.10. The topological polar surface area (TPSA) is 55.9 Å². The summed E-state index contributed by atoms with van der Waals surface area (Å²) in [6.07, 6.45) is 3.25. The molecule has 2 heterocycles. The fourth-order valence-corrected chi connectivity index (χ4v) is 2.46. The van der Waals surface area contributed by atoms with Crippen LogP contribution in [0.2, 0.25) is 0 Å². The Morgan fingerprint density at radius 1 is 1.33 bits per heavy atom. The smallest absolute Gasteiger partial charge is 0.169 e. The second-order valence-electron chi connectivity index (χ2n) is 4.80. The number of hydrogen-bond acceptors (Lipinski definition) is 4. The first-order chi connectivity index (χ1) is 10.2. The molecule has 0 spiro atoms. The minimum atomic E-state index is 0.0953. The fourth-order valence-electron chi connectivity index (χ4n) is 2.14. The zero-order valence-corrected chi connectivity index (χ0v) is 13.1. The molecule has 1 N–H and O–H groups in total. The summed E-state index contributed by atoms with van der Waals surface area (Å²) in [6, 6.07) is 12.2. The molecule has 3 rings (SSSR count). The van der Waals surface area contributed by atoms with Gasteiger partial charge in [-0.3, -0.25) is 0 Å². The normalized spacial score (nSPS) is 12.3. The van der Waals surface area contributed by atoms with Gasteiger partial charge in [-0.25, -0.2) is 9.67 Å². The summed E-state index contributed by atoms with van der Waals surface area (Å²) in [5.74, 6) is 0.892. The van der Waals surface area contributed by atoms with Crippen molar-refractivity contribution in [1.29, 1.82) is 0 Å². The molecule has 0 fully saturated rings. The molecule has 5 nitrogen and oxygen atoms in total. The Balaban J connectivity index is 1.71. The van der Waals surface area contributed by atoms with E-state index in [1.165, 1.54) is 5.56 Å². The number of aromatic nitrogens is 3. The zero-order valence-electron chi connectivity index (χ0n) is 11.5. The molecule has 1 atom stereocenters. The van der Waals surface area contributed by atoms with Gasteiger partial charge >= 0.3 is 0 Å². The maximum absolute atomic E-state index is 5.56. The summed E-state index contributed by atoms with van der Waals surface area (Å²) in [4.78, 5) is 3.95. The Kier molecular flexibility index (Phi) is 4.06. The second kappa shape index (κ2) is 6.13. The van der Waals surface area contributed by atoms with Crippen LogP contribution in [-0.2, 0) is 6.54 Å². The number of benzene rings is 1. The Morgan fingerprint density at radius 2 is 2.24 bits per heavy atom. The molecule has 1 unspecified atom stereocenters. The van der Waals surface area contributed by atoms with Gasteiger partial charge < -0.3 is 9.73 Å². The number of nitrogens with zero attached hydrogens (tertiary/aromatic N) is 3. The Hall–Kier alpha value is -2.08. The first-order valence-electron chi connectivity index (χ1n) is 6.64. The van der Waals surface area contributed by atoms with Crippen LogP contribution in [0, 0.1) is 0 Å². The predicted octanol–water partition coefficient (Wildman–Crippen LogP) is 3.86. The van der Waals surface area contributed by atoms with E-state index >= 15 is 0 Å². The molecule has 1 aromatic carbocycles. The van der Waals surface area contributed by atoms with Crippen molar-refractivity contribution in [3.05, 3.63) is 65.0 Å². The van der Waals surface area contributed by atoms with Gasteiger partial charge in [-0.2, -0.15) is 5.10 Å². The molecule has 0 saturated heterocycles. The summed E-state index contributed by atoms with van der Waals surface area (Å²) >= 11 is 3.32. The summed E-state index contributed by atoms with van der Waals surface area (Å²) in [6.45, 7) is 2.77. The average molecular weight is 347 g/mol. The fraction of sp³-hybridized carbons (Fsp3) is 0.200. The number of furan rings is 1. The van der Waals surface area contributed by atoms with Crippen LogP contribution in [0.3, 0.4) is 0 Å². The minimum absolute atomic E-state index is 0.0953. The van der Waals surface area contributed by atoms with Crippen LogP contribution in [-0.4, -0.2) is 14.8 Å². The van der Waals surface area contributed by atoms with Crippen molar-refractivity contribution in [2.45, 2.75) is 19.5 Å². The largest absolute Gasteiger partial charge is 0.452 e. The van der Waals surface area contributed by atoms with Crippen LogP contribution in [0.5, 0.6) is 0 Å². The molecule has 0 aliphatic heterocycles. The molecule has 0 bridgehead atoms. The number of hydrogen-bond donors (Lipinski definition) is 1. The van der Waals surface area contributed by atoms with E-state index in [2.05, 4.69) is 50.4 Å². The third-order valence-corrected chi connectivity index (χ3v) is 3.57. The predicted molar refractivity (Wildman–Crippen MR) is 84.0 cm³/mol. The molecule has 6 heteroatoms. The van der Waals surface area contributed by atoms with Crippen LogP contribution in [0.1, 0.15) is 24.3 Å². The van der Waals surface area contributed by atoms with Gasteiger partial charge in [-0.05, 0) is 52.7 Å². The monoisotopic (exact) mass is 346 g/mol. The highest BCUT2D eigenvalue weighted by molar-refractivity contribution is 9.10. The van der Waals surface area contributed by atoms with E-state index in [9.17, 15) is 0 Å². The Labute approximate surface area is 131 Å². The van der Waals surface area contributed by atoms with E-state index in [0.29, 0.717) is 6.54 Å². The quantitative estimate of drug-likeness (QED) is 0.762. The van der Waals surface area contributed by atoms with Crippen molar-refractivity contribution in [2.75, 3.05) is 5.32 Å². The maximum atomic E-state index is 5.56. The van der Waals surface area contributed by atoms with E-state index in [0.717, 1.165) is 16.1 Å². The Morgan fingerprint density at radius 3 is 2.95 bits per heavy atom. The van der Waals surface area contributed by atoms with E-state index in [4.69, 9.17) is 4.42 Å². The van der Waals surface area contributed by atoms with Gasteiger partial charge in [-0.15, -0.1) is 0 Å². The van der Waals surface area contributed by atoms with Crippen LogP contribution in [0.15, 0.2) is 58.1 Å². The third kappa shape index (κ3) is 3.52. The van der Waals surface area contributed by atoms with Crippen molar-refractivity contribution in [1.82, 2.24) is 14.8 Å². The van der Waals surface area contributed by atoms with Crippen LogP contribution in [0.4, 0.5) is 5.69 Å². The van der Waals surface area contributed by atoms with Gasteiger partial charge in [0.05, 0.1) is 12.6 Å².